The molecule has 1 aromatic heterocycles. The summed E-state index contributed by atoms with van der Waals surface area (Å²) >= 11 is 0. The van der Waals surface area contributed by atoms with Gasteiger partial charge in [-0.1, -0.05) is 17.3 Å². The summed E-state index contributed by atoms with van der Waals surface area (Å²) in [6, 6.07) is 7.25. The molecule has 3 heterocycles. The molecule has 0 saturated carbocycles. The highest BCUT2D eigenvalue weighted by Crippen LogP contribution is 2.37. The lowest BCUT2D eigenvalue weighted by atomic mass is 9.93. The maximum absolute atomic E-state index is 12.9. The van der Waals surface area contributed by atoms with E-state index in [0.29, 0.717) is 24.2 Å². The summed E-state index contributed by atoms with van der Waals surface area (Å²) in [7, 11) is 1.90. The van der Waals surface area contributed by atoms with Crippen molar-refractivity contribution in [3.63, 3.8) is 0 Å². The Hall–Kier alpha value is -2.35. The summed E-state index contributed by atoms with van der Waals surface area (Å²) in [4.78, 5) is 7.98. The molecule has 0 radical (unpaired) electrons. The largest absolute Gasteiger partial charge is 0.416 e. The minimum absolute atomic E-state index is 0.442. The van der Waals surface area contributed by atoms with Crippen molar-refractivity contribution >= 4 is 5.71 Å². The second-order valence-electron chi connectivity index (χ2n) is 6.97. The van der Waals surface area contributed by atoms with E-state index in [9.17, 15) is 13.2 Å². The molecule has 1 aromatic carbocycles. The Morgan fingerprint density at radius 1 is 1.27 bits per heavy atom. The molecule has 5 nitrogen and oxygen atoms in total. The van der Waals surface area contributed by atoms with Gasteiger partial charge in [-0.05, 0) is 18.2 Å². The number of likely N-dealkylation sites (tertiary alicyclic amines) is 1. The van der Waals surface area contributed by atoms with Gasteiger partial charge in [-0.3, -0.25) is 9.58 Å². The first kappa shape index (κ1) is 17.1. The molecule has 2 aliphatic rings. The van der Waals surface area contributed by atoms with Crippen molar-refractivity contribution in [1.29, 1.82) is 0 Å². The van der Waals surface area contributed by atoms with Crippen LogP contribution in [0, 0.1) is 0 Å². The van der Waals surface area contributed by atoms with E-state index >= 15 is 0 Å². The Morgan fingerprint density at radius 2 is 2.12 bits per heavy atom. The van der Waals surface area contributed by atoms with Crippen LogP contribution in [0.15, 0.2) is 41.7 Å². The van der Waals surface area contributed by atoms with Crippen LogP contribution in [0.3, 0.4) is 0 Å². The van der Waals surface area contributed by atoms with Crippen LogP contribution < -0.4 is 0 Å². The van der Waals surface area contributed by atoms with Gasteiger partial charge in [0.2, 0.25) is 0 Å². The molecule has 0 N–H and O–H groups in total. The minimum atomic E-state index is -4.36. The Morgan fingerprint density at radius 3 is 2.85 bits per heavy atom. The van der Waals surface area contributed by atoms with Crippen LogP contribution in [0.25, 0.3) is 0 Å². The summed E-state index contributed by atoms with van der Waals surface area (Å²) in [5.41, 5.74) is 1.06. The zero-order valence-electron chi connectivity index (χ0n) is 14.3. The van der Waals surface area contributed by atoms with Crippen LogP contribution in [-0.4, -0.2) is 39.1 Å². The van der Waals surface area contributed by atoms with Gasteiger partial charge in [0.1, 0.15) is 0 Å². The van der Waals surface area contributed by atoms with Gasteiger partial charge in [-0.15, -0.1) is 0 Å². The molecule has 0 amide bonds. The van der Waals surface area contributed by atoms with E-state index in [0.717, 1.165) is 37.3 Å². The normalized spacial score (nSPS) is 23.5. The van der Waals surface area contributed by atoms with E-state index < -0.39 is 17.3 Å². The van der Waals surface area contributed by atoms with Gasteiger partial charge in [0.05, 0.1) is 17.0 Å². The van der Waals surface area contributed by atoms with Gasteiger partial charge < -0.3 is 4.84 Å². The lowest BCUT2D eigenvalue weighted by molar-refractivity contribution is -0.137. The molecule has 2 aromatic rings. The predicted molar refractivity (Wildman–Crippen MR) is 89.5 cm³/mol. The van der Waals surface area contributed by atoms with E-state index in [-0.39, 0.29) is 0 Å². The van der Waals surface area contributed by atoms with Crippen molar-refractivity contribution in [1.82, 2.24) is 14.7 Å². The molecule has 1 fully saturated rings. The third-order valence-electron chi connectivity index (χ3n) is 5.07. The minimum Gasteiger partial charge on any atom is -0.387 e. The smallest absolute Gasteiger partial charge is 0.387 e. The number of aryl methyl sites for hydroxylation is 1. The van der Waals surface area contributed by atoms with Crippen LogP contribution in [-0.2, 0) is 24.6 Å². The first-order valence-corrected chi connectivity index (χ1v) is 8.47. The highest BCUT2D eigenvalue weighted by Gasteiger charge is 2.45. The molecule has 1 spiro atoms. The maximum atomic E-state index is 12.9. The summed E-state index contributed by atoms with van der Waals surface area (Å²) in [5, 5.41) is 8.29. The van der Waals surface area contributed by atoms with Crippen molar-refractivity contribution in [3.8, 4) is 0 Å². The molecule has 1 atom stereocenters. The predicted octanol–water partition coefficient (Wildman–Crippen LogP) is 3.21. The molecular formula is C18H19F3N4O. The van der Waals surface area contributed by atoms with E-state index in [2.05, 4.69) is 15.2 Å². The fourth-order valence-corrected chi connectivity index (χ4v) is 3.62. The van der Waals surface area contributed by atoms with Crippen molar-refractivity contribution in [2.75, 3.05) is 13.1 Å². The Balaban J connectivity index is 1.44. The number of aromatic nitrogens is 2. The second kappa shape index (κ2) is 6.12. The first-order chi connectivity index (χ1) is 12.3. The molecule has 8 heteroatoms. The van der Waals surface area contributed by atoms with Crippen molar-refractivity contribution < 1.29 is 18.0 Å². The molecule has 4 rings (SSSR count). The number of hydrogen-bond acceptors (Lipinski definition) is 4. The van der Waals surface area contributed by atoms with E-state index in [1.807, 2.05) is 17.8 Å². The van der Waals surface area contributed by atoms with E-state index in [4.69, 9.17) is 4.84 Å². The molecule has 0 aliphatic carbocycles. The van der Waals surface area contributed by atoms with Crippen molar-refractivity contribution in [2.24, 2.45) is 12.2 Å². The van der Waals surface area contributed by atoms with Gasteiger partial charge in [-0.2, -0.15) is 18.3 Å². The molecule has 1 unspecified atom stereocenters. The molecule has 2 aliphatic heterocycles. The molecule has 138 valence electrons. The molecule has 1 saturated heterocycles. The summed E-state index contributed by atoms with van der Waals surface area (Å²) in [6.45, 7) is 2.32. The zero-order chi connectivity index (χ0) is 18.4. The zero-order valence-corrected chi connectivity index (χ0v) is 14.3. The fraction of sp³-hybridized carbons (Fsp3) is 0.444. The van der Waals surface area contributed by atoms with E-state index in [1.165, 1.54) is 6.07 Å². The van der Waals surface area contributed by atoms with Crippen molar-refractivity contribution in [2.45, 2.75) is 31.2 Å². The van der Waals surface area contributed by atoms with Gasteiger partial charge >= 0.3 is 6.18 Å². The van der Waals surface area contributed by atoms with Crippen LogP contribution >= 0.6 is 0 Å². The highest BCUT2D eigenvalue weighted by molar-refractivity contribution is 6.01. The van der Waals surface area contributed by atoms with E-state index in [1.54, 1.807) is 12.3 Å². The van der Waals surface area contributed by atoms with Gasteiger partial charge in [0.25, 0.3) is 0 Å². The number of alkyl halides is 3. The molecule has 0 bridgehead atoms. The second-order valence-corrected chi connectivity index (χ2v) is 6.97. The van der Waals surface area contributed by atoms with Crippen LogP contribution in [0.2, 0.25) is 0 Å². The third-order valence-corrected chi connectivity index (χ3v) is 5.07. The van der Waals surface area contributed by atoms with Gasteiger partial charge in [-0.25, -0.2) is 0 Å². The maximum Gasteiger partial charge on any atom is 0.416 e. The summed E-state index contributed by atoms with van der Waals surface area (Å²) in [5.74, 6) is 0. The number of halogens is 3. The van der Waals surface area contributed by atoms with Crippen LogP contribution in [0.5, 0.6) is 0 Å². The third kappa shape index (κ3) is 3.21. The van der Waals surface area contributed by atoms with Crippen molar-refractivity contribution in [3.05, 3.63) is 53.3 Å². The van der Waals surface area contributed by atoms with Gasteiger partial charge in [0.15, 0.2) is 5.60 Å². The Bertz CT molecular complexity index is 845. The SMILES string of the molecule is Cn1nccc1CN1CCC2(CC(c3cccc(C(F)(F)F)c3)=NO2)C1. The van der Waals surface area contributed by atoms with Crippen LogP contribution in [0.4, 0.5) is 13.2 Å². The number of nitrogens with zero attached hydrogens (tertiary/aromatic N) is 4. The van der Waals surface area contributed by atoms with Crippen LogP contribution in [0.1, 0.15) is 29.7 Å². The number of rotatable bonds is 3. The summed E-state index contributed by atoms with van der Waals surface area (Å²) in [6.07, 6.45) is -1.27. The highest BCUT2D eigenvalue weighted by atomic mass is 19.4. The standard InChI is InChI=1S/C18H19F3N4O/c1-24-15(5-7-22-24)11-25-8-6-17(12-25)10-16(23-26-17)13-3-2-4-14(9-13)18(19,20)21/h2-5,7,9H,6,8,10-12H2,1H3. The Labute approximate surface area is 149 Å². The topological polar surface area (TPSA) is 42.7 Å². The number of benzene rings is 1. The number of hydrogen-bond donors (Lipinski definition) is 0. The fourth-order valence-electron chi connectivity index (χ4n) is 3.62. The van der Waals surface area contributed by atoms with Gasteiger partial charge in [0, 0.05) is 51.3 Å². The monoisotopic (exact) mass is 364 g/mol. The quantitative estimate of drug-likeness (QED) is 0.840. The average molecular weight is 364 g/mol. The lowest BCUT2D eigenvalue weighted by Gasteiger charge is -2.21. The molecule has 26 heavy (non-hydrogen) atoms. The Kier molecular flexibility index (Phi) is 4.02. The summed E-state index contributed by atoms with van der Waals surface area (Å²) < 4.78 is 40.6. The lowest BCUT2D eigenvalue weighted by Crippen LogP contribution is -2.33. The first-order valence-electron chi connectivity index (χ1n) is 8.47. The number of oxime groups is 1. The molecular weight excluding hydrogens is 345 g/mol. The average Bonchev–Trinajstić information content (AvgIpc) is 3.30.